The van der Waals surface area contributed by atoms with Gasteiger partial charge in [0, 0.05) is 12.8 Å². The van der Waals surface area contributed by atoms with Crippen LogP contribution in [0.4, 0.5) is 0 Å². The predicted octanol–water partition coefficient (Wildman–Crippen LogP) is 4.64. The van der Waals surface area contributed by atoms with Crippen molar-refractivity contribution in [2.75, 3.05) is 0 Å². The number of fused-ring (bicyclic) bond motifs is 3. The van der Waals surface area contributed by atoms with E-state index in [1.165, 1.54) is 13.3 Å². The number of carbonyl (C=O) groups excluding carboxylic acids is 1. The van der Waals surface area contributed by atoms with Gasteiger partial charge in [-0.15, -0.1) is 0 Å². The molecule has 0 aromatic carbocycles. The first-order chi connectivity index (χ1) is 12.0. The second kappa shape index (κ2) is 5.70. The molecular weight excluding hydrogens is 328 g/mol. The van der Waals surface area contributed by atoms with Crippen LogP contribution >= 0.6 is 0 Å². The molecule has 0 aromatic heterocycles. The molecule has 0 radical (unpaired) electrons. The number of hydrogen-bond donors (Lipinski definition) is 0. The van der Waals surface area contributed by atoms with Crippen molar-refractivity contribution in [1.82, 2.24) is 0 Å². The van der Waals surface area contributed by atoms with Crippen molar-refractivity contribution in [3.05, 3.63) is 0 Å². The third-order valence-electron chi connectivity index (χ3n) is 8.28. The maximum atomic E-state index is 11.7. The standard InChI is InChI=1S/C22H36O4/c1-14(23)24-19(2,3)15-7-10-20(4)13-18-22(6,26-18)12-9-17-21(5,25-17)11-8-16(15)20/h15-18H,7-13H2,1-6H3. The topological polar surface area (TPSA) is 51.4 Å². The van der Waals surface area contributed by atoms with Gasteiger partial charge >= 0.3 is 5.97 Å². The molecule has 4 nitrogen and oxygen atoms in total. The molecule has 26 heavy (non-hydrogen) atoms. The van der Waals surface area contributed by atoms with Crippen molar-refractivity contribution >= 4 is 5.97 Å². The van der Waals surface area contributed by atoms with Gasteiger partial charge in [0.1, 0.15) is 5.60 Å². The highest BCUT2D eigenvalue weighted by Gasteiger charge is 2.62. The van der Waals surface area contributed by atoms with E-state index >= 15 is 0 Å². The SMILES string of the molecule is CC(=O)OC(C)(C)C1CCC2(C)CC3OC3(C)CCC3OC3(C)CCC12. The molecule has 4 rings (SSSR count). The van der Waals surface area contributed by atoms with E-state index < -0.39 is 5.60 Å². The van der Waals surface area contributed by atoms with Crippen LogP contribution in [0.15, 0.2) is 0 Å². The number of hydrogen-bond acceptors (Lipinski definition) is 4. The lowest BCUT2D eigenvalue weighted by atomic mass is 9.67. The fourth-order valence-corrected chi connectivity index (χ4v) is 6.37. The number of esters is 1. The maximum absolute atomic E-state index is 11.7. The zero-order valence-corrected chi connectivity index (χ0v) is 17.4. The lowest BCUT2D eigenvalue weighted by Gasteiger charge is -2.40. The summed E-state index contributed by atoms with van der Waals surface area (Å²) in [7, 11) is 0. The first-order valence-corrected chi connectivity index (χ1v) is 10.5. The van der Waals surface area contributed by atoms with Gasteiger partial charge in [0.05, 0.1) is 23.4 Å². The Morgan fingerprint density at radius 1 is 0.962 bits per heavy atom. The highest BCUT2D eigenvalue weighted by molar-refractivity contribution is 5.66. The van der Waals surface area contributed by atoms with Crippen LogP contribution in [0, 0.1) is 17.3 Å². The van der Waals surface area contributed by atoms with Crippen molar-refractivity contribution in [3.8, 4) is 0 Å². The van der Waals surface area contributed by atoms with Gasteiger partial charge < -0.3 is 14.2 Å². The maximum Gasteiger partial charge on any atom is 0.303 e. The van der Waals surface area contributed by atoms with Crippen molar-refractivity contribution < 1.29 is 19.0 Å². The van der Waals surface area contributed by atoms with Crippen LogP contribution < -0.4 is 0 Å². The fourth-order valence-electron chi connectivity index (χ4n) is 6.37. The Morgan fingerprint density at radius 2 is 1.58 bits per heavy atom. The molecule has 2 saturated heterocycles. The lowest BCUT2D eigenvalue weighted by molar-refractivity contribution is -0.161. The Hall–Kier alpha value is -0.610. The second-order valence-electron chi connectivity index (χ2n) is 10.7. The molecule has 2 aliphatic heterocycles. The van der Waals surface area contributed by atoms with Gasteiger partial charge in [0.15, 0.2) is 0 Å². The van der Waals surface area contributed by atoms with Crippen LogP contribution in [-0.2, 0) is 19.0 Å². The molecule has 7 atom stereocenters. The number of rotatable bonds is 2. The molecule has 4 heteroatoms. The minimum Gasteiger partial charge on any atom is -0.460 e. The van der Waals surface area contributed by atoms with E-state index in [4.69, 9.17) is 14.2 Å². The van der Waals surface area contributed by atoms with Crippen molar-refractivity contribution in [1.29, 1.82) is 0 Å². The molecular formula is C22H36O4. The Balaban J connectivity index is 1.60. The molecule has 2 aliphatic carbocycles. The third-order valence-corrected chi connectivity index (χ3v) is 8.28. The summed E-state index contributed by atoms with van der Waals surface area (Å²) in [6, 6.07) is 0. The summed E-state index contributed by atoms with van der Waals surface area (Å²) in [5.41, 5.74) is -0.0541. The third kappa shape index (κ3) is 3.11. The average molecular weight is 365 g/mol. The van der Waals surface area contributed by atoms with E-state index in [9.17, 15) is 4.79 Å². The summed E-state index contributed by atoms with van der Waals surface area (Å²) >= 11 is 0. The first-order valence-electron chi connectivity index (χ1n) is 10.5. The lowest BCUT2D eigenvalue weighted by Crippen LogP contribution is -2.41. The molecule has 0 bridgehead atoms. The Kier molecular flexibility index (Phi) is 4.11. The van der Waals surface area contributed by atoms with E-state index in [-0.39, 0.29) is 22.6 Å². The van der Waals surface area contributed by atoms with E-state index in [1.807, 2.05) is 0 Å². The van der Waals surface area contributed by atoms with E-state index in [2.05, 4.69) is 34.6 Å². The van der Waals surface area contributed by atoms with Gasteiger partial charge in [-0.3, -0.25) is 4.79 Å². The normalized spacial score (nSPS) is 50.7. The molecule has 0 spiro atoms. The molecule has 0 amide bonds. The van der Waals surface area contributed by atoms with Gasteiger partial charge in [-0.25, -0.2) is 0 Å². The van der Waals surface area contributed by atoms with Gasteiger partial charge in [0.2, 0.25) is 0 Å². The number of carbonyl (C=O) groups is 1. The van der Waals surface area contributed by atoms with Crippen LogP contribution in [0.5, 0.6) is 0 Å². The highest BCUT2D eigenvalue weighted by atomic mass is 16.6. The molecule has 7 unspecified atom stereocenters. The van der Waals surface area contributed by atoms with E-state index in [1.54, 1.807) is 0 Å². The van der Waals surface area contributed by atoms with Gasteiger partial charge in [-0.1, -0.05) is 6.92 Å². The minimum atomic E-state index is -0.410. The summed E-state index contributed by atoms with van der Waals surface area (Å²) in [5, 5.41) is 0. The van der Waals surface area contributed by atoms with Gasteiger partial charge in [0.25, 0.3) is 0 Å². The van der Waals surface area contributed by atoms with Crippen LogP contribution in [0.1, 0.15) is 86.5 Å². The Morgan fingerprint density at radius 3 is 2.27 bits per heavy atom. The summed E-state index contributed by atoms with van der Waals surface area (Å²) < 4.78 is 18.1. The summed E-state index contributed by atoms with van der Waals surface area (Å²) in [6.07, 6.45) is 8.76. The van der Waals surface area contributed by atoms with Crippen molar-refractivity contribution in [2.24, 2.45) is 17.3 Å². The Bertz CT molecular complexity index is 601. The molecule has 4 aliphatic rings. The largest absolute Gasteiger partial charge is 0.460 e. The van der Waals surface area contributed by atoms with Crippen LogP contribution in [0.2, 0.25) is 0 Å². The molecule has 0 N–H and O–H groups in total. The predicted molar refractivity (Wildman–Crippen MR) is 99.8 cm³/mol. The van der Waals surface area contributed by atoms with Crippen LogP contribution in [0.25, 0.3) is 0 Å². The highest BCUT2D eigenvalue weighted by Crippen LogP contribution is 2.61. The number of ether oxygens (including phenoxy) is 3. The monoisotopic (exact) mass is 364 g/mol. The molecule has 148 valence electrons. The first kappa shape index (κ1) is 18.7. The zero-order chi connectivity index (χ0) is 19.0. The summed E-state index contributed by atoms with van der Waals surface area (Å²) in [6.45, 7) is 12.7. The summed E-state index contributed by atoms with van der Waals surface area (Å²) in [5.74, 6) is 0.781. The molecule has 2 saturated carbocycles. The van der Waals surface area contributed by atoms with E-state index in [0.29, 0.717) is 24.0 Å². The second-order valence-corrected chi connectivity index (χ2v) is 10.7. The van der Waals surface area contributed by atoms with Crippen LogP contribution in [-0.4, -0.2) is 35.0 Å². The quantitative estimate of drug-likeness (QED) is 0.529. The van der Waals surface area contributed by atoms with Crippen molar-refractivity contribution in [3.63, 3.8) is 0 Å². The van der Waals surface area contributed by atoms with E-state index in [0.717, 1.165) is 38.5 Å². The van der Waals surface area contributed by atoms with Gasteiger partial charge in [-0.2, -0.15) is 0 Å². The molecule has 0 aromatic rings. The zero-order valence-electron chi connectivity index (χ0n) is 17.4. The Labute approximate surface area is 158 Å². The average Bonchev–Trinajstić information content (AvgIpc) is 3.29. The molecule has 2 heterocycles. The minimum absolute atomic E-state index is 0.0463. The van der Waals surface area contributed by atoms with Gasteiger partial charge in [-0.05, 0) is 84.0 Å². The fraction of sp³-hybridized carbons (Fsp3) is 0.955. The van der Waals surface area contributed by atoms with Crippen molar-refractivity contribution in [2.45, 2.75) is 115 Å². The smallest absolute Gasteiger partial charge is 0.303 e. The summed E-state index contributed by atoms with van der Waals surface area (Å²) in [4.78, 5) is 11.7. The molecule has 4 fully saturated rings. The number of epoxide rings is 2. The van der Waals surface area contributed by atoms with Crippen LogP contribution in [0.3, 0.4) is 0 Å².